The number of hydrazine groups is 1. The van der Waals surface area contributed by atoms with Gasteiger partial charge in [-0.1, -0.05) is 6.07 Å². The van der Waals surface area contributed by atoms with Gasteiger partial charge in [0.15, 0.2) is 16.6 Å². The highest BCUT2D eigenvalue weighted by atomic mass is 32.1. The van der Waals surface area contributed by atoms with Crippen molar-refractivity contribution in [2.24, 2.45) is 0 Å². The smallest absolute Gasteiger partial charge is 0.242 e. The zero-order valence-corrected chi connectivity index (χ0v) is 16.3. The van der Waals surface area contributed by atoms with Crippen LogP contribution in [0.2, 0.25) is 0 Å². The zero-order valence-electron chi connectivity index (χ0n) is 15.5. The Morgan fingerprint density at radius 2 is 1.71 bits per heavy atom. The summed E-state index contributed by atoms with van der Waals surface area (Å²) in [4.78, 5) is 12.1. The largest absolute Gasteiger partial charge is 0.490 e. The Morgan fingerprint density at radius 1 is 1.00 bits per heavy atom. The molecule has 0 bridgehead atoms. The quantitative estimate of drug-likeness (QED) is 0.481. The van der Waals surface area contributed by atoms with Gasteiger partial charge in [0, 0.05) is 6.07 Å². The predicted octanol–water partition coefficient (Wildman–Crippen LogP) is 3.32. The van der Waals surface area contributed by atoms with E-state index in [4.69, 9.17) is 21.7 Å². The highest BCUT2D eigenvalue weighted by Crippen LogP contribution is 2.28. The fraction of sp³-hybridized carbons (Fsp3) is 0.263. The molecule has 2 aromatic carbocycles. The Hall–Kier alpha value is -2.94. The van der Waals surface area contributed by atoms with E-state index in [-0.39, 0.29) is 23.1 Å². The summed E-state index contributed by atoms with van der Waals surface area (Å²) in [6.07, 6.45) is 0.0625. The average molecular weight is 409 g/mol. The van der Waals surface area contributed by atoms with Gasteiger partial charge in [0.25, 0.3) is 0 Å². The molecule has 0 aliphatic carbocycles. The first-order valence-electron chi connectivity index (χ1n) is 8.62. The van der Waals surface area contributed by atoms with E-state index in [1.54, 1.807) is 18.2 Å². The van der Waals surface area contributed by atoms with Crippen LogP contribution in [0, 0.1) is 11.6 Å². The number of hydrogen-bond acceptors (Lipinski definition) is 4. The van der Waals surface area contributed by atoms with Crippen molar-refractivity contribution in [3.8, 4) is 11.5 Å². The van der Waals surface area contributed by atoms with Gasteiger partial charge in [-0.2, -0.15) is 0 Å². The minimum Gasteiger partial charge on any atom is -0.490 e. The van der Waals surface area contributed by atoms with Crippen LogP contribution in [-0.4, -0.2) is 24.2 Å². The maximum Gasteiger partial charge on any atom is 0.242 e. The maximum atomic E-state index is 13.6. The summed E-state index contributed by atoms with van der Waals surface area (Å²) in [6, 6.07) is 8.26. The third-order valence-corrected chi connectivity index (χ3v) is 3.67. The van der Waals surface area contributed by atoms with Crippen molar-refractivity contribution < 1.29 is 23.0 Å². The van der Waals surface area contributed by atoms with E-state index in [1.807, 2.05) is 13.8 Å². The van der Waals surface area contributed by atoms with Gasteiger partial charge in [0.05, 0.1) is 25.3 Å². The number of halogens is 2. The van der Waals surface area contributed by atoms with Crippen molar-refractivity contribution >= 4 is 28.9 Å². The monoisotopic (exact) mass is 409 g/mol. The fourth-order valence-electron chi connectivity index (χ4n) is 2.31. The van der Waals surface area contributed by atoms with Gasteiger partial charge < -0.3 is 14.8 Å². The molecule has 0 aliphatic heterocycles. The maximum absolute atomic E-state index is 13.6. The molecular weight excluding hydrogens is 388 g/mol. The van der Waals surface area contributed by atoms with Gasteiger partial charge in [0.1, 0.15) is 11.6 Å². The van der Waals surface area contributed by atoms with Gasteiger partial charge >= 0.3 is 0 Å². The van der Waals surface area contributed by atoms with Crippen LogP contribution in [0.25, 0.3) is 0 Å². The molecule has 28 heavy (non-hydrogen) atoms. The molecule has 0 spiro atoms. The number of benzene rings is 2. The van der Waals surface area contributed by atoms with Gasteiger partial charge in [-0.3, -0.25) is 15.6 Å². The molecule has 0 aliphatic rings. The van der Waals surface area contributed by atoms with Crippen LogP contribution < -0.4 is 25.6 Å². The Bertz CT molecular complexity index is 849. The molecule has 2 rings (SSSR count). The van der Waals surface area contributed by atoms with Crippen molar-refractivity contribution in [3.63, 3.8) is 0 Å². The summed E-state index contributed by atoms with van der Waals surface area (Å²) in [5, 5.41) is 2.49. The molecule has 9 heteroatoms. The van der Waals surface area contributed by atoms with E-state index in [1.165, 1.54) is 6.07 Å². The molecule has 150 valence electrons. The zero-order chi connectivity index (χ0) is 20.5. The molecule has 3 N–H and O–H groups in total. The first kappa shape index (κ1) is 21.4. The lowest BCUT2D eigenvalue weighted by molar-refractivity contribution is -0.120. The van der Waals surface area contributed by atoms with Gasteiger partial charge in [0.2, 0.25) is 5.91 Å². The van der Waals surface area contributed by atoms with Crippen LogP contribution in [0.1, 0.15) is 19.4 Å². The standard InChI is InChI=1S/C19H21F2N3O3S/c1-3-26-16-8-5-12(9-17(16)27-4-2)10-18(25)23-24-19(28)22-15-7-6-13(20)11-14(15)21/h5-9,11H,3-4,10H2,1-2H3,(H,23,25)(H2,22,24,28). The van der Waals surface area contributed by atoms with E-state index < -0.39 is 11.6 Å². The number of rotatable bonds is 7. The van der Waals surface area contributed by atoms with Crippen molar-refractivity contribution in [3.05, 3.63) is 53.6 Å². The Morgan fingerprint density at radius 3 is 2.39 bits per heavy atom. The van der Waals surface area contributed by atoms with E-state index in [0.29, 0.717) is 24.7 Å². The average Bonchev–Trinajstić information content (AvgIpc) is 2.65. The second kappa shape index (κ2) is 10.4. The summed E-state index contributed by atoms with van der Waals surface area (Å²) in [6.45, 7) is 4.70. The van der Waals surface area contributed by atoms with Gasteiger partial charge in [-0.25, -0.2) is 8.78 Å². The topological polar surface area (TPSA) is 71.6 Å². The molecule has 6 nitrogen and oxygen atoms in total. The van der Waals surface area contributed by atoms with Crippen LogP contribution in [-0.2, 0) is 11.2 Å². The molecule has 2 aromatic rings. The van der Waals surface area contributed by atoms with E-state index in [9.17, 15) is 13.6 Å². The Labute approximate surface area is 167 Å². The Kier molecular flexibility index (Phi) is 7.94. The second-order valence-corrected chi connectivity index (χ2v) is 5.98. The lowest BCUT2D eigenvalue weighted by atomic mass is 10.1. The Balaban J connectivity index is 1.89. The van der Waals surface area contributed by atoms with Crippen LogP contribution >= 0.6 is 12.2 Å². The first-order chi connectivity index (χ1) is 13.4. The molecule has 0 saturated heterocycles. The van der Waals surface area contributed by atoms with Crippen molar-refractivity contribution in [1.29, 1.82) is 0 Å². The van der Waals surface area contributed by atoms with Crippen LogP contribution in [0.4, 0.5) is 14.5 Å². The highest BCUT2D eigenvalue weighted by Gasteiger charge is 2.10. The number of anilines is 1. The summed E-state index contributed by atoms with van der Waals surface area (Å²) in [5.41, 5.74) is 5.59. The molecule has 0 saturated carbocycles. The third-order valence-electron chi connectivity index (χ3n) is 3.47. The molecular formula is C19H21F2N3O3S. The molecule has 0 atom stereocenters. The van der Waals surface area contributed by atoms with E-state index >= 15 is 0 Å². The van der Waals surface area contributed by atoms with Crippen LogP contribution in [0.3, 0.4) is 0 Å². The van der Waals surface area contributed by atoms with Crippen molar-refractivity contribution in [2.45, 2.75) is 20.3 Å². The number of amides is 1. The van der Waals surface area contributed by atoms with Gasteiger partial charge in [-0.15, -0.1) is 0 Å². The number of carbonyl (C=O) groups is 1. The summed E-state index contributed by atoms with van der Waals surface area (Å²) in [7, 11) is 0. The number of carbonyl (C=O) groups excluding carboxylic acids is 1. The minimum absolute atomic E-state index is 0.0129. The number of thiocarbonyl (C=S) groups is 1. The van der Waals surface area contributed by atoms with Crippen LogP contribution in [0.15, 0.2) is 36.4 Å². The molecule has 1 amide bonds. The van der Waals surface area contributed by atoms with Crippen molar-refractivity contribution in [2.75, 3.05) is 18.5 Å². The summed E-state index contributed by atoms with van der Waals surface area (Å²) in [5.74, 6) is -0.689. The number of nitrogens with one attached hydrogen (secondary N) is 3. The SMILES string of the molecule is CCOc1ccc(CC(=O)NNC(=S)Nc2ccc(F)cc2F)cc1OCC. The van der Waals surface area contributed by atoms with E-state index in [0.717, 1.165) is 17.7 Å². The molecule has 0 aromatic heterocycles. The summed E-state index contributed by atoms with van der Waals surface area (Å²) < 4.78 is 37.5. The molecule has 0 radical (unpaired) electrons. The molecule has 0 heterocycles. The second-order valence-electron chi connectivity index (χ2n) is 5.58. The number of hydrogen-bond donors (Lipinski definition) is 3. The molecule has 0 fully saturated rings. The number of ether oxygens (including phenoxy) is 2. The van der Waals surface area contributed by atoms with Crippen LogP contribution in [0.5, 0.6) is 11.5 Å². The normalized spacial score (nSPS) is 10.1. The van der Waals surface area contributed by atoms with E-state index in [2.05, 4.69) is 16.2 Å². The third kappa shape index (κ3) is 6.34. The van der Waals surface area contributed by atoms with Crippen molar-refractivity contribution in [1.82, 2.24) is 10.9 Å². The summed E-state index contributed by atoms with van der Waals surface area (Å²) >= 11 is 4.98. The molecule has 0 unspecified atom stereocenters. The van der Waals surface area contributed by atoms with Gasteiger partial charge in [-0.05, 0) is 55.9 Å². The fourth-order valence-corrected chi connectivity index (χ4v) is 2.47. The lowest BCUT2D eigenvalue weighted by Gasteiger charge is -2.14. The predicted molar refractivity (Wildman–Crippen MR) is 106 cm³/mol. The minimum atomic E-state index is -0.798. The highest BCUT2D eigenvalue weighted by molar-refractivity contribution is 7.80. The first-order valence-corrected chi connectivity index (χ1v) is 9.03. The lowest BCUT2D eigenvalue weighted by Crippen LogP contribution is -2.44.